The molecule has 4 fully saturated rings. The van der Waals surface area contributed by atoms with Gasteiger partial charge >= 0.3 is 6.01 Å². The summed E-state index contributed by atoms with van der Waals surface area (Å²) in [5, 5.41) is 2.32. The van der Waals surface area contributed by atoms with E-state index < -0.39 is 29.7 Å². The van der Waals surface area contributed by atoms with Crippen molar-refractivity contribution < 1.29 is 22.7 Å². The zero-order valence-electron chi connectivity index (χ0n) is 29.2. The lowest BCUT2D eigenvalue weighted by molar-refractivity contribution is -0.128. The van der Waals surface area contributed by atoms with E-state index in [1.165, 1.54) is 6.08 Å². The predicted molar refractivity (Wildman–Crippen MR) is 198 cm³/mol. The second-order valence-electron chi connectivity index (χ2n) is 14.5. The molecule has 53 heavy (non-hydrogen) atoms. The number of fused-ring (bicyclic) bond motifs is 3. The summed E-state index contributed by atoms with van der Waals surface area (Å²) in [5.74, 6) is -0.510. The number of benzene rings is 2. The molecule has 276 valence electrons. The zero-order chi connectivity index (χ0) is 36.7. The van der Waals surface area contributed by atoms with Crippen molar-refractivity contribution in [2.75, 3.05) is 70.4 Å². The van der Waals surface area contributed by atoms with Crippen LogP contribution in [0.3, 0.4) is 0 Å². The van der Waals surface area contributed by atoms with Crippen molar-refractivity contribution in [3.05, 3.63) is 77.0 Å². The average Bonchev–Trinajstić information content (AvgIpc) is 3.84. The molecule has 0 unspecified atom stereocenters. The number of anilines is 1. The van der Waals surface area contributed by atoms with Crippen LogP contribution in [0.4, 0.5) is 19.0 Å². The SMILES string of the molecule is [C-]#[N+]C[C@H]1CN(c2nc(OC[C@@]34CCCN3C[C@H](F)C4)nc3c(F)c(-c4cccc5cccc(Cl)c45)ncc23)CCN1C(=O)/C=C/CN1CC[C@@H](F)C1. The van der Waals surface area contributed by atoms with Crippen molar-refractivity contribution in [3.8, 4) is 17.3 Å². The van der Waals surface area contributed by atoms with E-state index in [0.717, 1.165) is 24.8 Å². The Bertz CT molecular complexity index is 2110. The van der Waals surface area contributed by atoms with Crippen molar-refractivity contribution in [1.29, 1.82) is 0 Å². The standard InChI is InChI=1S/C39H40ClF3N8O2/c1-44-19-28-23-49(16-17-51(28)32(52)10-4-13-48-15-11-26(41)21-48)37-30-20-45-35(29-8-2-6-25-7-3-9-31(40)33(25)29)34(43)36(30)46-38(47-37)53-24-39-12-5-14-50(39)22-27(42)18-39/h2-4,6-10,20,26-28H,5,11-19,21-24H2/b10-4+/t26-,27-,28+,39+/m1/s1. The summed E-state index contributed by atoms with van der Waals surface area (Å²) < 4.78 is 51.4. The Morgan fingerprint density at radius 1 is 1.08 bits per heavy atom. The Morgan fingerprint density at radius 3 is 2.74 bits per heavy atom. The molecule has 0 bridgehead atoms. The van der Waals surface area contributed by atoms with Gasteiger partial charge in [0.1, 0.15) is 42.0 Å². The molecule has 2 aromatic heterocycles. The molecule has 4 aromatic rings. The molecule has 10 nitrogen and oxygen atoms in total. The summed E-state index contributed by atoms with van der Waals surface area (Å²) in [6.07, 6.45) is 5.60. The van der Waals surface area contributed by atoms with E-state index in [-0.39, 0.29) is 42.8 Å². The molecule has 0 N–H and O–H groups in total. The molecule has 0 radical (unpaired) electrons. The molecule has 1 amide bonds. The van der Waals surface area contributed by atoms with Gasteiger partial charge in [0.2, 0.25) is 12.5 Å². The summed E-state index contributed by atoms with van der Waals surface area (Å²) in [6.45, 7) is 11.4. The quantitative estimate of drug-likeness (QED) is 0.150. The second-order valence-corrected chi connectivity index (χ2v) is 14.9. The number of likely N-dealkylation sites (tertiary alicyclic amines) is 1. The summed E-state index contributed by atoms with van der Waals surface area (Å²) in [7, 11) is 0. The first-order valence-corrected chi connectivity index (χ1v) is 18.6. The van der Waals surface area contributed by atoms with Gasteiger partial charge in [-0.3, -0.25) is 19.6 Å². The topological polar surface area (TPSA) is 82.3 Å². The van der Waals surface area contributed by atoms with Crippen molar-refractivity contribution in [2.45, 2.75) is 49.6 Å². The number of piperazine rings is 1. The average molecular weight is 745 g/mol. The van der Waals surface area contributed by atoms with Crippen molar-refractivity contribution in [2.24, 2.45) is 0 Å². The highest BCUT2D eigenvalue weighted by Crippen LogP contribution is 2.41. The second kappa shape index (κ2) is 14.7. The Hall–Kier alpha value is -4.51. The number of aromatic nitrogens is 3. The van der Waals surface area contributed by atoms with Crippen LogP contribution in [0.1, 0.15) is 25.7 Å². The molecule has 0 aliphatic carbocycles. The first kappa shape index (κ1) is 35.5. The molecule has 4 atom stereocenters. The number of rotatable bonds is 9. The largest absolute Gasteiger partial charge is 0.461 e. The molecule has 0 saturated carbocycles. The molecule has 4 aliphatic heterocycles. The fourth-order valence-corrected chi connectivity index (χ4v) is 8.89. The highest BCUT2D eigenvalue weighted by Gasteiger charge is 2.49. The van der Waals surface area contributed by atoms with E-state index in [4.69, 9.17) is 27.9 Å². The molecular weight excluding hydrogens is 705 g/mol. The molecular formula is C39H40ClF3N8O2. The Kier molecular flexibility index (Phi) is 9.87. The lowest BCUT2D eigenvalue weighted by Crippen LogP contribution is -2.56. The van der Waals surface area contributed by atoms with Gasteiger partial charge in [-0.2, -0.15) is 9.97 Å². The third-order valence-corrected chi connectivity index (χ3v) is 11.5. The van der Waals surface area contributed by atoms with E-state index in [9.17, 15) is 13.6 Å². The number of amides is 1. The number of carbonyl (C=O) groups is 1. The van der Waals surface area contributed by atoms with E-state index in [0.29, 0.717) is 79.3 Å². The number of hydrogen-bond acceptors (Lipinski definition) is 8. The molecule has 14 heteroatoms. The number of ether oxygens (including phenoxy) is 1. The molecule has 8 rings (SSSR count). The normalized spacial score (nSPS) is 25.2. The van der Waals surface area contributed by atoms with Crippen molar-refractivity contribution in [1.82, 2.24) is 29.7 Å². The minimum Gasteiger partial charge on any atom is -0.461 e. The van der Waals surface area contributed by atoms with Gasteiger partial charge in [-0.15, -0.1) is 0 Å². The van der Waals surface area contributed by atoms with E-state index in [2.05, 4.69) is 19.7 Å². The van der Waals surface area contributed by atoms with Crippen LogP contribution in [0.25, 0.3) is 37.8 Å². The third-order valence-electron chi connectivity index (χ3n) is 11.2. The minimum atomic E-state index is -0.943. The van der Waals surface area contributed by atoms with Gasteiger partial charge in [0.25, 0.3) is 0 Å². The Balaban J connectivity index is 1.13. The van der Waals surface area contributed by atoms with Crippen molar-refractivity contribution in [3.63, 3.8) is 0 Å². The predicted octanol–water partition coefficient (Wildman–Crippen LogP) is 6.13. The van der Waals surface area contributed by atoms with Crippen LogP contribution in [0.2, 0.25) is 5.02 Å². The summed E-state index contributed by atoms with van der Waals surface area (Å²) in [5.41, 5.74) is 0.132. The fourth-order valence-electron chi connectivity index (χ4n) is 8.60. The highest BCUT2D eigenvalue weighted by atomic mass is 35.5. The molecule has 4 saturated heterocycles. The Labute approximate surface area is 311 Å². The molecule has 0 spiro atoms. The maximum atomic E-state index is 16.9. The third kappa shape index (κ3) is 6.88. The maximum Gasteiger partial charge on any atom is 0.319 e. The number of alkyl halides is 2. The monoisotopic (exact) mass is 744 g/mol. The van der Waals surface area contributed by atoms with Crippen LogP contribution in [-0.4, -0.2) is 125 Å². The van der Waals surface area contributed by atoms with Gasteiger partial charge in [-0.05, 0) is 37.3 Å². The summed E-state index contributed by atoms with van der Waals surface area (Å²) in [6, 6.07) is 10.5. The molecule has 6 heterocycles. The van der Waals surface area contributed by atoms with Gasteiger partial charge in [0, 0.05) is 80.5 Å². The fraction of sp³-hybridized carbons (Fsp3) is 0.462. The number of halogens is 4. The first-order valence-electron chi connectivity index (χ1n) is 18.2. The van der Waals surface area contributed by atoms with Crippen LogP contribution < -0.4 is 9.64 Å². The van der Waals surface area contributed by atoms with E-state index in [1.54, 1.807) is 29.3 Å². The molecule has 2 aromatic carbocycles. The van der Waals surface area contributed by atoms with Gasteiger partial charge in [-0.1, -0.05) is 48.0 Å². The van der Waals surface area contributed by atoms with Gasteiger partial charge in [0.05, 0.1) is 10.9 Å². The Morgan fingerprint density at radius 2 is 1.92 bits per heavy atom. The highest BCUT2D eigenvalue weighted by molar-refractivity contribution is 6.36. The zero-order valence-corrected chi connectivity index (χ0v) is 30.0. The number of nitrogens with zero attached hydrogens (tertiary/aromatic N) is 8. The van der Waals surface area contributed by atoms with Gasteiger partial charge in [-0.25, -0.2) is 19.7 Å². The van der Waals surface area contributed by atoms with Crippen LogP contribution in [-0.2, 0) is 4.79 Å². The van der Waals surface area contributed by atoms with Crippen molar-refractivity contribution >= 4 is 45.0 Å². The number of hydrogen-bond donors (Lipinski definition) is 0. The van der Waals surface area contributed by atoms with Crippen LogP contribution in [0, 0.1) is 12.4 Å². The lowest BCUT2D eigenvalue weighted by atomic mass is 9.95. The van der Waals surface area contributed by atoms with E-state index in [1.807, 2.05) is 34.1 Å². The van der Waals surface area contributed by atoms with Gasteiger partial charge < -0.3 is 19.4 Å². The van der Waals surface area contributed by atoms with Crippen LogP contribution in [0.5, 0.6) is 6.01 Å². The van der Waals surface area contributed by atoms with Gasteiger partial charge in [0.15, 0.2) is 5.82 Å². The lowest BCUT2D eigenvalue weighted by Gasteiger charge is -2.39. The summed E-state index contributed by atoms with van der Waals surface area (Å²) in [4.78, 5) is 38.7. The smallest absolute Gasteiger partial charge is 0.319 e. The number of pyridine rings is 1. The van der Waals surface area contributed by atoms with Crippen LogP contribution >= 0.6 is 11.6 Å². The minimum absolute atomic E-state index is 0.00947. The maximum absolute atomic E-state index is 16.9. The summed E-state index contributed by atoms with van der Waals surface area (Å²) >= 11 is 6.63. The number of carbonyl (C=O) groups excluding carboxylic acids is 1. The molecule has 4 aliphatic rings. The first-order chi connectivity index (χ1) is 25.7. The van der Waals surface area contributed by atoms with E-state index >= 15 is 4.39 Å². The van der Waals surface area contributed by atoms with Crippen LogP contribution in [0.15, 0.2) is 54.7 Å².